The van der Waals surface area contributed by atoms with Crippen molar-refractivity contribution in [1.29, 1.82) is 0 Å². The fourth-order valence-corrected chi connectivity index (χ4v) is 2.44. The number of guanidine groups is 1. The summed E-state index contributed by atoms with van der Waals surface area (Å²) in [5, 5.41) is 0. The Morgan fingerprint density at radius 2 is 1.90 bits per heavy atom. The van der Waals surface area contributed by atoms with Crippen molar-refractivity contribution >= 4 is 11.6 Å². The Bertz CT molecular complexity index is 479. The maximum absolute atomic E-state index is 6.07. The van der Waals surface area contributed by atoms with Crippen LogP contribution in [-0.4, -0.2) is 50.7 Å². The average molecular weight is 290 g/mol. The van der Waals surface area contributed by atoms with Crippen LogP contribution in [0.15, 0.2) is 29.3 Å². The lowest BCUT2D eigenvalue weighted by molar-refractivity contribution is 0.373. The second kappa shape index (κ2) is 7.20. The summed E-state index contributed by atoms with van der Waals surface area (Å²) >= 11 is 0. The lowest BCUT2D eigenvalue weighted by Crippen LogP contribution is -2.51. The SMILES string of the molecule is COc1ccccc1N1CCN(C(N)=NCC(C)C)CC1. The van der Waals surface area contributed by atoms with Crippen LogP contribution in [0.25, 0.3) is 0 Å². The molecule has 1 aromatic rings. The van der Waals surface area contributed by atoms with Crippen molar-refractivity contribution in [2.75, 3.05) is 44.7 Å². The van der Waals surface area contributed by atoms with Crippen LogP contribution in [0.5, 0.6) is 5.75 Å². The Kier molecular flexibility index (Phi) is 5.31. The normalized spacial score (nSPS) is 16.5. The first-order chi connectivity index (χ1) is 10.1. The van der Waals surface area contributed by atoms with Gasteiger partial charge in [0.15, 0.2) is 5.96 Å². The van der Waals surface area contributed by atoms with Crippen LogP contribution in [0.3, 0.4) is 0 Å². The summed E-state index contributed by atoms with van der Waals surface area (Å²) < 4.78 is 5.43. The minimum atomic E-state index is 0.540. The van der Waals surface area contributed by atoms with E-state index in [2.05, 4.69) is 34.7 Å². The Hall–Kier alpha value is -1.91. The molecule has 0 amide bonds. The van der Waals surface area contributed by atoms with E-state index >= 15 is 0 Å². The van der Waals surface area contributed by atoms with Gasteiger partial charge < -0.3 is 20.3 Å². The van der Waals surface area contributed by atoms with Crippen LogP contribution in [0.1, 0.15) is 13.8 Å². The quantitative estimate of drug-likeness (QED) is 0.678. The van der Waals surface area contributed by atoms with Crippen LogP contribution in [0.4, 0.5) is 5.69 Å². The molecule has 0 atom stereocenters. The largest absolute Gasteiger partial charge is 0.495 e. The van der Waals surface area contributed by atoms with E-state index in [0.717, 1.165) is 44.2 Å². The van der Waals surface area contributed by atoms with E-state index in [-0.39, 0.29) is 0 Å². The van der Waals surface area contributed by atoms with Crippen molar-refractivity contribution < 1.29 is 4.74 Å². The molecular weight excluding hydrogens is 264 g/mol. The summed E-state index contributed by atoms with van der Waals surface area (Å²) in [7, 11) is 1.71. The molecule has 1 aromatic carbocycles. The van der Waals surface area contributed by atoms with Gasteiger partial charge in [0.1, 0.15) is 5.75 Å². The minimum absolute atomic E-state index is 0.540. The number of nitrogens with two attached hydrogens (primary N) is 1. The van der Waals surface area contributed by atoms with Gasteiger partial charge in [-0.1, -0.05) is 26.0 Å². The molecule has 116 valence electrons. The highest BCUT2D eigenvalue weighted by atomic mass is 16.5. The second-order valence-corrected chi connectivity index (χ2v) is 5.74. The van der Waals surface area contributed by atoms with E-state index in [9.17, 15) is 0 Å². The van der Waals surface area contributed by atoms with Crippen LogP contribution in [-0.2, 0) is 0 Å². The molecule has 0 aromatic heterocycles. The number of piperazine rings is 1. The van der Waals surface area contributed by atoms with Crippen LogP contribution in [0.2, 0.25) is 0 Å². The number of hydrogen-bond donors (Lipinski definition) is 1. The van der Waals surface area contributed by atoms with Gasteiger partial charge in [0.25, 0.3) is 0 Å². The molecule has 1 fully saturated rings. The molecule has 5 nitrogen and oxygen atoms in total. The zero-order valence-electron chi connectivity index (χ0n) is 13.2. The average Bonchev–Trinajstić information content (AvgIpc) is 2.52. The number of rotatable bonds is 4. The standard InChI is InChI=1S/C16H26N4O/c1-13(2)12-18-16(17)20-10-8-19(9-11-20)14-6-4-5-7-15(14)21-3/h4-7,13H,8-12H2,1-3H3,(H2,17,18). The predicted octanol–water partition coefficient (Wildman–Crippen LogP) is 1.79. The fourth-order valence-electron chi connectivity index (χ4n) is 2.44. The van der Waals surface area contributed by atoms with E-state index in [1.807, 2.05) is 18.2 Å². The van der Waals surface area contributed by atoms with Crippen LogP contribution in [0, 0.1) is 5.92 Å². The maximum Gasteiger partial charge on any atom is 0.191 e. The number of nitrogens with zero attached hydrogens (tertiary/aromatic N) is 3. The first-order valence-electron chi connectivity index (χ1n) is 7.54. The van der Waals surface area contributed by atoms with Gasteiger partial charge in [0.2, 0.25) is 0 Å². The number of anilines is 1. The summed E-state index contributed by atoms with van der Waals surface area (Å²) in [6, 6.07) is 8.14. The summed E-state index contributed by atoms with van der Waals surface area (Å²) in [4.78, 5) is 8.96. The van der Waals surface area contributed by atoms with Crippen molar-refractivity contribution in [3.05, 3.63) is 24.3 Å². The molecule has 5 heteroatoms. The van der Waals surface area contributed by atoms with Crippen molar-refractivity contribution in [3.8, 4) is 5.75 Å². The molecule has 0 aliphatic carbocycles. The monoisotopic (exact) mass is 290 g/mol. The lowest BCUT2D eigenvalue weighted by atomic mass is 10.2. The third-order valence-electron chi connectivity index (χ3n) is 3.65. The van der Waals surface area contributed by atoms with Gasteiger partial charge in [-0.25, -0.2) is 0 Å². The van der Waals surface area contributed by atoms with E-state index in [0.29, 0.717) is 11.9 Å². The molecule has 0 bridgehead atoms. The molecule has 2 N–H and O–H groups in total. The van der Waals surface area contributed by atoms with E-state index in [1.54, 1.807) is 7.11 Å². The van der Waals surface area contributed by atoms with E-state index < -0.39 is 0 Å². The lowest BCUT2D eigenvalue weighted by Gasteiger charge is -2.37. The summed E-state index contributed by atoms with van der Waals surface area (Å²) in [5.41, 5.74) is 7.22. The molecule has 21 heavy (non-hydrogen) atoms. The second-order valence-electron chi connectivity index (χ2n) is 5.74. The molecule has 2 rings (SSSR count). The van der Waals surface area contributed by atoms with Crippen molar-refractivity contribution in [2.45, 2.75) is 13.8 Å². The number of methoxy groups -OCH3 is 1. The smallest absolute Gasteiger partial charge is 0.191 e. The molecule has 1 aliphatic rings. The van der Waals surface area contributed by atoms with Gasteiger partial charge in [-0.3, -0.25) is 4.99 Å². The molecule has 0 spiro atoms. The molecule has 1 aliphatic heterocycles. The predicted molar refractivity (Wildman–Crippen MR) is 88.1 cm³/mol. The van der Waals surface area contributed by atoms with Gasteiger partial charge >= 0.3 is 0 Å². The third-order valence-corrected chi connectivity index (χ3v) is 3.65. The number of ether oxygens (including phenoxy) is 1. The Morgan fingerprint density at radius 3 is 2.52 bits per heavy atom. The fraction of sp³-hybridized carbons (Fsp3) is 0.562. The summed E-state index contributed by atoms with van der Waals surface area (Å²) in [5.74, 6) is 2.13. The molecule has 0 saturated carbocycles. The molecule has 0 radical (unpaired) electrons. The van der Waals surface area contributed by atoms with Crippen LogP contribution >= 0.6 is 0 Å². The van der Waals surface area contributed by atoms with Gasteiger partial charge in [-0.15, -0.1) is 0 Å². The van der Waals surface area contributed by atoms with Gasteiger partial charge in [0.05, 0.1) is 12.8 Å². The molecular formula is C16H26N4O. The Balaban J connectivity index is 1.95. The zero-order chi connectivity index (χ0) is 15.2. The molecule has 1 heterocycles. The van der Waals surface area contributed by atoms with Gasteiger partial charge in [-0.05, 0) is 18.1 Å². The number of para-hydroxylation sites is 2. The third kappa shape index (κ3) is 4.03. The van der Waals surface area contributed by atoms with Crippen molar-refractivity contribution in [2.24, 2.45) is 16.6 Å². The minimum Gasteiger partial charge on any atom is -0.495 e. The first kappa shape index (κ1) is 15.5. The highest BCUT2D eigenvalue weighted by Crippen LogP contribution is 2.28. The van der Waals surface area contributed by atoms with Gasteiger partial charge in [0, 0.05) is 32.7 Å². The van der Waals surface area contributed by atoms with Crippen molar-refractivity contribution in [1.82, 2.24) is 4.90 Å². The van der Waals surface area contributed by atoms with Gasteiger partial charge in [-0.2, -0.15) is 0 Å². The number of aliphatic imine (C=N–C) groups is 1. The molecule has 1 saturated heterocycles. The summed E-state index contributed by atoms with van der Waals surface area (Å²) in [6.07, 6.45) is 0. The highest BCUT2D eigenvalue weighted by molar-refractivity contribution is 5.78. The highest BCUT2D eigenvalue weighted by Gasteiger charge is 2.20. The zero-order valence-corrected chi connectivity index (χ0v) is 13.2. The topological polar surface area (TPSA) is 54.1 Å². The first-order valence-corrected chi connectivity index (χ1v) is 7.54. The Labute approximate surface area is 127 Å². The Morgan fingerprint density at radius 1 is 1.24 bits per heavy atom. The van der Waals surface area contributed by atoms with E-state index in [1.165, 1.54) is 0 Å². The van der Waals surface area contributed by atoms with Crippen molar-refractivity contribution in [3.63, 3.8) is 0 Å². The maximum atomic E-state index is 6.07. The number of hydrogen-bond acceptors (Lipinski definition) is 3. The summed E-state index contributed by atoms with van der Waals surface area (Å²) in [6.45, 7) is 8.73. The number of benzene rings is 1. The van der Waals surface area contributed by atoms with E-state index in [4.69, 9.17) is 10.5 Å². The van der Waals surface area contributed by atoms with Crippen LogP contribution < -0.4 is 15.4 Å². The molecule has 0 unspecified atom stereocenters.